The molecule has 0 aliphatic heterocycles. The summed E-state index contributed by atoms with van der Waals surface area (Å²) in [5.41, 5.74) is 5.98. The first-order valence-corrected chi connectivity index (χ1v) is 5.68. The molecule has 0 radical (unpaired) electrons. The molecule has 1 heteroatoms. The summed E-state index contributed by atoms with van der Waals surface area (Å²) in [5.74, 6) is 0.826. The van der Waals surface area contributed by atoms with Crippen molar-refractivity contribution in [1.29, 1.82) is 0 Å². The standard InChI is InChI=1S/C10H23N.C2H6/c1-9(2)5-6-10(3,4)7-8-11;1-2/h9H,5-8,11H2,1-4H3;1-2H3. The van der Waals surface area contributed by atoms with Crippen LogP contribution in [0.1, 0.15) is 60.8 Å². The Morgan fingerprint density at radius 2 is 1.54 bits per heavy atom. The molecule has 0 spiro atoms. The predicted molar refractivity (Wildman–Crippen MR) is 62.9 cm³/mol. The molecule has 2 N–H and O–H groups in total. The molecule has 0 aromatic carbocycles. The Balaban J connectivity index is 0. The Hall–Kier alpha value is -0.0400. The van der Waals surface area contributed by atoms with Gasteiger partial charge in [-0.1, -0.05) is 48.0 Å². The van der Waals surface area contributed by atoms with Crippen molar-refractivity contribution in [3.8, 4) is 0 Å². The van der Waals surface area contributed by atoms with Crippen LogP contribution in [-0.4, -0.2) is 6.54 Å². The lowest BCUT2D eigenvalue weighted by Crippen LogP contribution is -2.17. The molecule has 0 heterocycles. The van der Waals surface area contributed by atoms with Crippen LogP contribution < -0.4 is 5.73 Å². The Kier molecular flexibility index (Phi) is 10.2. The van der Waals surface area contributed by atoms with Crippen molar-refractivity contribution >= 4 is 0 Å². The van der Waals surface area contributed by atoms with E-state index in [1.54, 1.807) is 0 Å². The summed E-state index contributed by atoms with van der Waals surface area (Å²) in [6.45, 7) is 14.0. The first-order valence-electron chi connectivity index (χ1n) is 5.68. The fraction of sp³-hybridized carbons (Fsp3) is 1.00. The Labute approximate surface area is 85.1 Å². The Bertz CT molecular complexity index is 95.3. The second-order valence-electron chi connectivity index (χ2n) is 4.64. The highest BCUT2D eigenvalue weighted by Gasteiger charge is 2.16. The lowest BCUT2D eigenvalue weighted by Gasteiger charge is -2.24. The fourth-order valence-electron chi connectivity index (χ4n) is 1.20. The van der Waals surface area contributed by atoms with Crippen molar-refractivity contribution in [2.75, 3.05) is 6.54 Å². The van der Waals surface area contributed by atoms with Crippen molar-refractivity contribution in [2.45, 2.75) is 60.8 Å². The van der Waals surface area contributed by atoms with E-state index in [1.807, 2.05) is 13.8 Å². The zero-order chi connectivity index (χ0) is 10.9. The summed E-state index contributed by atoms with van der Waals surface area (Å²) in [5, 5.41) is 0. The van der Waals surface area contributed by atoms with E-state index in [4.69, 9.17) is 5.73 Å². The maximum absolute atomic E-state index is 5.52. The van der Waals surface area contributed by atoms with Gasteiger partial charge in [-0.15, -0.1) is 0 Å². The number of hydrogen-bond acceptors (Lipinski definition) is 1. The van der Waals surface area contributed by atoms with Gasteiger partial charge in [0.05, 0.1) is 0 Å². The van der Waals surface area contributed by atoms with E-state index in [1.165, 1.54) is 12.8 Å². The summed E-state index contributed by atoms with van der Waals surface area (Å²) in [6.07, 6.45) is 3.79. The van der Waals surface area contributed by atoms with Gasteiger partial charge in [0.1, 0.15) is 0 Å². The van der Waals surface area contributed by atoms with Gasteiger partial charge in [-0.25, -0.2) is 0 Å². The topological polar surface area (TPSA) is 26.0 Å². The number of rotatable bonds is 5. The second kappa shape index (κ2) is 8.55. The molecule has 0 aromatic rings. The summed E-state index contributed by atoms with van der Waals surface area (Å²) in [7, 11) is 0. The Morgan fingerprint density at radius 3 is 1.85 bits per heavy atom. The van der Waals surface area contributed by atoms with Crippen LogP contribution in [0, 0.1) is 11.3 Å². The minimum Gasteiger partial charge on any atom is -0.330 e. The second-order valence-corrected chi connectivity index (χ2v) is 4.64. The number of nitrogens with two attached hydrogens (primary N) is 1. The molecule has 0 amide bonds. The van der Waals surface area contributed by atoms with Gasteiger partial charge in [0.25, 0.3) is 0 Å². The van der Waals surface area contributed by atoms with Gasteiger partial charge in [0.15, 0.2) is 0 Å². The molecule has 0 fully saturated rings. The molecule has 0 aromatic heterocycles. The van der Waals surface area contributed by atoms with Crippen LogP contribution in [0.15, 0.2) is 0 Å². The zero-order valence-corrected chi connectivity index (χ0v) is 10.5. The maximum Gasteiger partial charge on any atom is -0.00722 e. The van der Waals surface area contributed by atoms with Crippen LogP contribution in [0.3, 0.4) is 0 Å². The van der Waals surface area contributed by atoms with Crippen LogP contribution >= 0.6 is 0 Å². The lowest BCUT2D eigenvalue weighted by atomic mass is 9.82. The maximum atomic E-state index is 5.52. The molecule has 0 saturated carbocycles. The average Bonchev–Trinajstić information content (AvgIpc) is 2.05. The van der Waals surface area contributed by atoms with Crippen LogP contribution in [0.25, 0.3) is 0 Å². The van der Waals surface area contributed by atoms with Crippen LogP contribution in [0.4, 0.5) is 0 Å². The lowest BCUT2D eigenvalue weighted by molar-refractivity contribution is 0.286. The smallest absolute Gasteiger partial charge is 0.00722 e. The van der Waals surface area contributed by atoms with Crippen molar-refractivity contribution in [3.63, 3.8) is 0 Å². The van der Waals surface area contributed by atoms with Crippen molar-refractivity contribution in [3.05, 3.63) is 0 Å². The number of hydrogen-bond donors (Lipinski definition) is 1. The molecule has 13 heavy (non-hydrogen) atoms. The molecule has 0 rings (SSSR count). The monoisotopic (exact) mass is 187 g/mol. The molecular formula is C12H29N. The quantitative estimate of drug-likeness (QED) is 0.695. The highest BCUT2D eigenvalue weighted by molar-refractivity contribution is 4.69. The summed E-state index contributed by atoms with van der Waals surface area (Å²) >= 11 is 0. The summed E-state index contributed by atoms with van der Waals surface area (Å²) in [4.78, 5) is 0. The highest BCUT2D eigenvalue weighted by atomic mass is 14.5. The van der Waals surface area contributed by atoms with Crippen molar-refractivity contribution in [2.24, 2.45) is 17.1 Å². The summed E-state index contributed by atoms with van der Waals surface area (Å²) < 4.78 is 0. The molecule has 1 nitrogen and oxygen atoms in total. The fourth-order valence-corrected chi connectivity index (χ4v) is 1.20. The van der Waals surface area contributed by atoms with Gasteiger partial charge in [0.2, 0.25) is 0 Å². The first kappa shape index (κ1) is 15.4. The molecule has 0 unspecified atom stereocenters. The third-order valence-corrected chi connectivity index (χ3v) is 2.22. The minimum atomic E-state index is 0.457. The third-order valence-electron chi connectivity index (χ3n) is 2.22. The molecule has 0 atom stereocenters. The molecule has 0 aliphatic carbocycles. The van der Waals surface area contributed by atoms with Crippen molar-refractivity contribution < 1.29 is 0 Å². The van der Waals surface area contributed by atoms with Crippen LogP contribution in [0.2, 0.25) is 0 Å². The van der Waals surface area contributed by atoms with Gasteiger partial charge in [-0.3, -0.25) is 0 Å². The van der Waals surface area contributed by atoms with Crippen LogP contribution in [-0.2, 0) is 0 Å². The van der Waals surface area contributed by atoms with Crippen molar-refractivity contribution in [1.82, 2.24) is 0 Å². The normalized spacial score (nSPS) is 11.1. The molecule has 0 bridgehead atoms. The Morgan fingerprint density at radius 1 is 1.08 bits per heavy atom. The first-order chi connectivity index (χ1) is 5.98. The zero-order valence-electron chi connectivity index (χ0n) is 10.5. The van der Waals surface area contributed by atoms with Crippen LogP contribution in [0.5, 0.6) is 0 Å². The van der Waals surface area contributed by atoms with E-state index in [9.17, 15) is 0 Å². The largest absolute Gasteiger partial charge is 0.330 e. The predicted octanol–water partition coefficient (Wildman–Crippen LogP) is 3.82. The van der Waals surface area contributed by atoms with E-state index in [-0.39, 0.29) is 0 Å². The highest BCUT2D eigenvalue weighted by Crippen LogP contribution is 2.27. The van der Waals surface area contributed by atoms with E-state index < -0.39 is 0 Å². The summed E-state index contributed by atoms with van der Waals surface area (Å²) in [6, 6.07) is 0. The van der Waals surface area contributed by atoms with E-state index in [0.29, 0.717) is 5.41 Å². The van der Waals surface area contributed by atoms with Gasteiger partial charge >= 0.3 is 0 Å². The molecule has 82 valence electrons. The van der Waals surface area contributed by atoms with Gasteiger partial charge < -0.3 is 5.73 Å². The minimum absolute atomic E-state index is 0.457. The average molecular weight is 187 g/mol. The molecule has 0 saturated heterocycles. The van der Waals surface area contributed by atoms with Gasteiger partial charge in [-0.05, 0) is 30.7 Å². The van der Waals surface area contributed by atoms with Gasteiger partial charge in [-0.2, -0.15) is 0 Å². The van der Waals surface area contributed by atoms with E-state index in [0.717, 1.165) is 18.9 Å². The molecular weight excluding hydrogens is 158 g/mol. The third kappa shape index (κ3) is 12.0. The van der Waals surface area contributed by atoms with Gasteiger partial charge in [0, 0.05) is 0 Å². The van der Waals surface area contributed by atoms with E-state index >= 15 is 0 Å². The SMILES string of the molecule is CC.CC(C)CCC(C)(C)CCN. The van der Waals surface area contributed by atoms with E-state index in [2.05, 4.69) is 27.7 Å². The molecule has 0 aliphatic rings.